The topological polar surface area (TPSA) is 50.7 Å². The molecule has 1 atom stereocenters. The highest BCUT2D eigenvalue weighted by Gasteiger charge is 2.13. The number of carbonyl (C=O) groups is 1. The lowest BCUT2D eigenvalue weighted by Crippen LogP contribution is -2.26. The summed E-state index contributed by atoms with van der Waals surface area (Å²) in [4.78, 5) is 13.3. The molecule has 142 valence electrons. The molecule has 0 aliphatic heterocycles. The molecule has 4 nitrogen and oxygen atoms in total. The van der Waals surface area contributed by atoms with E-state index >= 15 is 0 Å². The van der Waals surface area contributed by atoms with E-state index in [4.69, 9.17) is 4.74 Å². The number of benzene rings is 3. The van der Waals surface area contributed by atoms with Crippen LogP contribution in [-0.4, -0.2) is 17.4 Å². The fraction of sp³-hybridized carbons (Fsp3) is 0.130. The summed E-state index contributed by atoms with van der Waals surface area (Å²) in [5.41, 5.74) is 4.51. The summed E-state index contributed by atoms with van der Waals surface area (Å²) in [6.07, 6.45) is 1.61. The molecule has 0 radical (unpaired) electrons. The number of carbonyl (C=O) groups excluding carboxylic acids is 1. The van der Waals surface area contributed by atoms with Gasteiger partial charge < -0.3 is 4.74 Å². The minimum Gasteiger partial charge on any atom is -0.488 e. The highest BCUT2D eigenvalue weighted by molar-refractivity contribution is 8.00. The van der Waals surface area contributed by atoms with Gasteiger partial charge in [-0.2, -0.15) is 5.10 Å². The third-order valence-electron chi connectivity index (χ3n) is 3.96. The molecule has 1 amide bonds. The van der Waals surface area contributed by atoms with Gasteiger partial charge in [-0.05, 0) is 36.8 Å². The fourth-order valence-corrected chi connectivity index (χ4v) is 3.35. The lowest BCUT2D eigenvalue weighted by atomic mass is 10.2. The quantitative estimate of drug-likeness (QED) is 0.338. The molecule has 0 aliphatic rings. The molecule has 0 bridgehead atoms. The zero-order chi connectivity index (χ0) is 19.6. The molecule has 0 spiro atoms. The van der Waals surface area contributed by atoms with Crippen LogP contribution in [0.2, 0.25) is 0 Å². The highest BCUT2D eigenvalue weighted by Crippen LogP contribution is 2.22. The van der Waals surface area contributed by atoms with Gasteiger partial charge in [0, 0.05) is 10.5 Å². The molecule has 0 heterocycles. The second kappa shape index (κ2) is 10.3. The third kappa shape index (κ3) is 5.99. The van der Waals surface area contributed by atoms with Crippen LogP contribution in [0.3, 0.4) is 0 Å². The van der Waals surface area contributed by atoms with E-state index in [1.54, 1.807) is 6.21 Å². The van der Waals surface area contributed by atoms with Crippen LogP contribution in [0, 0.1) is 0 Å². The second-order valence-corrected chi connectivity index (χ2v) is 7.53. The predicted molar refractivity (Wildman–Crippen MR) is 115 cm³/mol. The van der Waals surface area contributed by atoms with Gasteiger partial charge in [-0.1, -0.05) is 60.7 Å². The van der Waals surface area contributed by atoms with Crippen LogP contribution in [0.15, 0.2) is 94.9 Å². The van der Waals surface area contributed by atoms with Crippen molar-refractivity contribution in [3.8, 4) is 5.75 Å². The Bertz CT molecular complexity index is 914. The van der Waals surface area contributed by atoms with Crippen LogP contribution in [0.1, 0.15) is 18.1 Å². The summed E-state index contributed by atoms with van der Waals surface area (Å²) in [5, 5.41) is 3.86. The lowest BCUT2D eigenvalue weighted by molar-refractivity contribution is -0.120. The zero-order valence-electron chi connectivity index (χ0n) is 15.6. The van der Waals surface area contributed by atoms with Crippen molar-refractivity contribution < 1.29 is 9.53 Å². The van der Waals surface area contributed by atoms with Crippen molar-refractivity contribution in [2.75, 3.05) is 0 Å². The van der Waals surface area contributed by atoms with Gasteiger partial charge >= 0.3 is 0 Å². The molecule has 1 N–H and O–H groups in total. The first kappa shape index (κ1) is 19.7. The van der Waals surface area contributed by atoms with Crippen molar-refractivity contribution >= 4 is 23.9 Å². The van der Waals surface area contributed by atoms with Crippen LogP contribution in [0.4, 0.5) is 0 Å². The van der Waals surface area contributed by atoms with Gasteiger partial charge in [0.25, 0.3) is 5.91 Å². The van der Waals surface area contributed by atoms with Gasteiger partial charge in [0.2, 0.25) is 0 Å². The van der Waals surface area contributed by atoms with Crippen LogP contribution >= 0.6 is 11.8 Å². The number of para-hydroxylation sites is 1. The van der Waals surface area contributed by atoms with E-state index in [1.165, 1.54) is 11.8 Å². The number of hydrazone groups is 1. The molecule has 0 aliphatic carbocycles. The SMILES string of the molecule is C[C@@H](Sc1ccccc1)C(=O)N/N=C\c1ccccc1OCc1ccccc1. The molecule has 28 heavy (non-hydrogen) atoms. The third-order valence-corrected chi connectivity index (χ3v) is 5.07. The number of hydrogen-bond acceptors (Lipinski definition) is 4. The largest absolute Gasteiger partial charge is 0.488 e. The summed E-state index contributed by atoms with van der Waals surface area (Å²) >= 11 is 1.50. The first-order valence-electron chi connectivity index (χ1n) is 9.03. The molecule has 3 rings (SSSR count). The minimum absolute atomic E-state index is 0.146. The maximum absolute atomic E-state index is 12.3. The standard InChI is InChI=1S/C23H22N2O2S/c1-18(28-21-13-6-3-7-14-21)23(26)25-24-16-20-12-8-9-15-22(20)27-17-19-10-4-2-5-11-19/h2-16,18H,17H2,1H3,(H,25,26)/b24-16-/t18-/m1/s1. The molecule has 0 saturated heterocycles. The number of nitrogens with one attached hydrogen (secondary N) is 1. The number of nitrogens with zero attached hydrogens (tertiary/aromatic N) is 1. The summed E-state index contributed by atoms with van der Waals surface area (Å²) in [6, 6.07) is 27.4. The van der Waals surface area contributed by atoms with Crippen molar-refractivity contribution in [1.82, 2.24) is 5.43 Å². The molecule has 5 heteroatoms. The molecular formula is C23H22N2O2S. The number of rotatable bonds is 8. The summed E-state index contributed by atoms with van der Waals surface area (Å²) < 4.78 is 5.90. The smallest absolute Gasteiger partial charge is 0.253 e. The van der Waals surface area contributed by atoms with Crippen LogP contribution in [0.25, 0.3) is 0 Å². The Hall–Kier alpha value is -3.05. The first-order valence-corrected chi connectivity index (χ1v) is 9.91. The Balaban J connectivity index is 1.55. The van der Waals surface area contributed by atoms with Gasteiger partial charge in [0.05, 0.1) is 11.5 Å². The number of hydrogen-bond donors (Lipinski definition) is 1. The van der Waals surface area contributed by atoms with E-state index in [2.05, 4.69) is 10.5 Å². The monoisotopic (exact) mass is 390 g/mol. The summed E-state index contributed by atoms with van der Waals surface area (Å²) in [5.74, 6) is 0.573. The molecule has 0 aromatic heterocycles. The predicted octanol–water partition coefficient (Wildman–Crippen LogP) is 4.90. The number of amides is 1. The van der Waals surface area contributed by atoms with E-state index in [0.29, 0.717) is 6.61 Å². The van der Waals surface area contributed by atoms with Gasteiger partial charge in [-0.3, -0.25) is 4.79 Å². The summed E-state index contributed by atoms with van der Waals surface area (Å²) in [6.45, 7) is 2.34. The van der Waals surface area contributed by atoms with Crippen molar-refractivity contribution in [3.63, 3.8) is 0 Å². The van der Waals surface area contributed by atoms with Crippen molar-refractivity contribution in [2.24, 2.45) is 5.10 Å². The fourth-order valence-electron chi connectivity index (χ4n) is 2.47. The average molecular weight is 391 g/mol. The molecule has 3 aromatic rings. The number of thioether (sulfide) groups is 1. The van der Waals surface area contributed by atoms with E-state index in [1.807, 2.05) is 91.9 Å². The van der Waals surface area contributed by atoms with Crippen LogP contribution in [-0.2, 0) is 11.4 Å². The Kier molecular flexibility index (Phi) is 7.27. The molecule has 3 aromatic carbocycles. The average Bonchev–Trinajstić information content (AvgIpc) is 2.74. The van der Waals surface area contributed by atoms with Crippen LogP contribution < -0.4 is 10.2 Å². The van der Waals surface area contributed by atoms with E-state index in [9.17, 15) is 4.79 Å². The van der Waals surface area contributed by atoms with E-state index < -0.39 is 0 Å². The van der Waals surface area contributed by atoms with Gasteiger partial charge in [0.1, 0.15) is 12.4 Å². The van der Waals surface area contributed by atoms with E-state index in [-0.39, 0.29) is 11.2 Å². The van der Waals surface area contributed by atoms with Crippen molar-refractivity contribution in [2.45, 2.75) is 23.7 Å². The first-order chi connectivity index (χ1) is 13.7. The Morgan fingerprint density at radius 2 is 1.64 bits per heavy atom. The molecular weight excluding hydrogens is 368 g/mol. The number of ether oxygens (including phenoxy) is 1. The van der Waals surface area contributed by atoms with Crippen molar-refractivity contribution in [1.29, 1.82) is 0 Å². The highest BCUT2D eigenvalue weighted by atomic mass is 32.2. The van der Waals surface area contributed by atoms with E-state index in [0.717, 1.165) is 21.8 Å². The minimum atomic E-state index is -0.246. The molecule has 0 fully saturated rings. The normalized spacial score (nSPS) is 11.9. The Morgan fingerprint density at radius 3 is 2.39 bits per heavy atom. The Morgan fingerprint density at radius 1 is 1.00 bits per heavy atom. The maximum atomic E-state index is 12.3. The van der Waals surface area contributed by atoms with Gasteiger partial charge in [-0.15, -0.1) is 11.8 Å². The van der Waals surface area contributed by atoms with Gasteiger partial charge in [0.15, 0.2) is 0 Å². The zero-order valence-corrected chi connectivity index (χ0v) is 16.4. The van der Waals surface area contributed by atoms with Gasteiger partial charge in [-0.25, -0.2) is 5.43 Å². The molecule has 0 unspecified atom stereocenters. The second-order valence-electron chi connectivity index (χ2n) is 6.12. The van der Waals surface area contributed by atoms with Crippen LogP contribution in [0.5, 0.6) is 5.75 Å². The summed E-state index contributed by atoms with van der Waals surface area (Å²) in [7, 11) is 0. The lowest BCUT2D eigenvalue weighted by Gasteiger charge is -2.10. The maximum Gasteiger partial charge on any atom is 0.253 e. The van der Waals surface area contributed by atoms with Crippen molar-refractivity contribution in [3.05, 3.63) is 96.1 Å². The molecule has 0 saturated carbocycles. The Labute approximate surface area is 169 Å².